The molecule has 4 heteroatoms. The molecule has 2 rings (SSSR count). The van der Waals surface area contributed by atoms with Crippen LogP contribution in [-0.4, -0.2) is 11.9 Å². The normalized spacial score (nSPS) is 28.3. The van der Waals surface area contributed by atoms with E-state index in [4.69, 9.17) is 32.7 Å². The van der Waals surface area contributed by atoms with Crippen molar-refractivity contribution in [3.8, 4) is 0 Å². The van der Waals surface area contributed by atoms with E-state index in [9.17, 15) is 0 Å². The lowest BCUT2D eigenvalue weighted by atomic mass is 10.1. The summed E-state index contributed by atoms with van der Waals surface area (Å²) >= 11 is 12.2. The second kappa shape index (κ2) is 4.19. The molecule has 16 heavy (non-hydrogen) atoms. The first-order valence-corrected chi connectivity index (χ1v) is 5.79. The highest BCUT2D eigenvalue weighted by Gasteiger charge is 2.41. The zero-order valence-electron chi connectivity index (χ0n) is 9.17. The standard InChI is InChI=1S/C12H13Cl2O2/c1-7-11(16-12(2,3)15-7)10-8(13)5-4-6-9(10)14/h4-7,11H,1H2,2-3H3. The van der Waals surface area contributed by atoms with Gasteiger partial charge in [-0.3, -0.25) is 0 Å². The summed E-state index contributed by atoms with van der Waals surface area (Å²) in [7, 11) is 0. The van der Waals surface area contributed by atoms with Gasteiger partial charge in [0.1, 0.15) is 6.10 Å². The first kappa shape index (κ1) is 12.2. The first-order valence-electron chi connectivity index (χ1n) is 5.03. The second-order valence-corrected chi connectivity index (χ2v) is 5.04. The van der Waals surface area contributed by atoms with Gasteiger partial charge in [-0.25, -0.2) is 0 Å². The summed E-state index contributed by atoms with van der Waals surface area (Å²) in [5, 5.41) is 1.15. The summed E-state index contributed by atoms with van der Waals surface area (Å²) < 4.78 is 11.3. The van der Waals surface area contributed by atoms with E-state index >= 15 is 0 Å². The molecule has 2 unspecified atom stereocenters. The predicted molar refractivity (Wildman–Crippen MR) is 64.6 cm³/mol. The minimum Gasteiger partial charge on any atom is -0.344 e. The van der Waals surface area contributed by atoms with Gasteiger partial charge in [-0.05, 0) is 32.9 Å². The molecule has 0 bridgehead atoms. The Balaban J connectivity index is 2.39. The van der Waals surface area contributed by atoms with Crippen molar-refractivity contribution in [3.05, 3.63) is 40.7 Å². The van der Waals surface area contributed by atoms with Crippen molar-refractivity contribution in [3.63, 3.8) is 0 Å². The largest absolute Gasteiger partial charge is 0.344 e. The van der Waals surface area contributed by atoms with E-state index < -0.39 is 5.79 Å². The van der Waals surface area contributed by atoms with Crippen molar-refractivity contribution in [2.75, 3.05) is 0 Å². The Bertz CT molecular complexity index is 384. The number of hydrogen-bond donors (Lipinski definition) is 0. The van der Waals surface area contributed by atoms with Crippen LogP contribution in [0, 0.1) is 6.92 Å². The molecule has 0 aliphatic carbocycles. The van der Waals surface area contributed by atoms with Crippen molar-refractivity contribution in [1.29, 1.82) is 0 Å². The van der Waals surface area contributed by atoms with Crippen LogP contribution in [-0.2, 0) is 9.47 Å². The molecule has 2 nitrogen and oxygen atoms in total. The quantitative estimate of drug-likeness (QED) is 0.759. The number of halogens is 2. The van der Waals surface area contributed by atoms with E-state index in [0.29, 0.717) is 10.0 Å². The fourth-order valence-electron chi connectivity index (χ4n) is 1.86. The maximum Gasteiger partial charge on any atom is 0.164 e. The third-order valence-electron chi connectivity index (χ3n) is 2.47. The van der Waals surface area contributed by atoms with Gasteiger partial charge in [0.2, 0.25) is 0 Å². The van der Waals surface area contributed by atoms with Crippen LogP contribution in [0.2, 0.25) is 10.0 Å². The molecule has 1 aliphatic heterocycles. The second-order valence-electron chi connectivity index (χ2n) is 4.23. The van der Waals surface area contributed by atoms with E-state index in [-0.39, 0.29) is 12.2 Å². The summed E-state index contributed by atoms with van der Waals surface area (Å²) in [6, 6.07) is 5.36. The number of benzene rings is 1. The maximum atomic E-state index is 6.12. The maximum absolute atomic E-state index is 6.12. The summed E-state index contributed by atoms with van der Waals surface area (Å²) in [5.74, 6) is -0.653. The van der Waals surface area contributed by atoms with E-state index in [2.05, 4.69) is 6.92 Å². The van der Waals surface area contributed by atoms with Gasteiger partial charge in [-0.15, -0.1) is 0 Å². The monoisotopic (exact) mass is 259 g/mol. The van der Waals surface area contributed by atoms with Crippen LogP contribution in [0.4, 0.5) is 0 Å². The van der Waals surface area contributed by atoms with Crippen LogP contribution in [0.15, 0.2) is 18.2 Å². The molecule has 1 saturated heterocycles. The van der Waals surface area contributed by atoms with E-state index in [1.54, 1.807) is 18.2 Å². The van der Waals surface area contributed by atoms with Gasteiger partial charge in [-0.1, -0.05) is 29.3 Å². The Morgan fingerprint density at radius 3 is 2.19 bits per heavy atom. The third kappa shape index (κ3) is 2.21. The van der Waals surface area contributed by atoms with Crippen LogP contribution in [0.3, 0.4) is 0 Å². The summed E-state index contributed by atoms with van der Waals surface area (Å²) in [5.41, 5.74) is 0.747. The fourth-order valence-corrected chi connectivity index (χ4v) is 2.48. The zero-order chi connectivity index (χ0) is 11.9. The Labute approximate surface area is 105 Å². The topological polar surface area (TPSA) is 18.5 Å². The van der Waals surface area contributed by atoms with Crippen molar-refractivity contribution < 1.29 is 9.47 Å². The Kier molecular flexibility index (Phi) is 3.19. The lowest BCUT2D eigenvalue weighted by Crippen LogP contribution is -2.20. The first-order chi connectivity index (χ1) is 7.41. The average molecular weight is 260 g/mol. The van der Waals surface area contributed by atoms with Crippen LogP contribution in [0.1, 0.15) is 25.5 Å². The van der Waals surface area contributed by atoms with Crippen molar-refractivity contribution >= 4 is 23.2 Å². The molecule has 1 heterocycles. The number of ether oxygens (including phenoxy) is 2. The molecule has 1 radical (unpaired) electrons. The number of rotatable bonds is 1. The van der Waals surface area contributed by atoms with Crippen molar-refractivity contribution in [2.45, 2.75) is 31.8 Å². The number of hydrogen-bond acceptors (Lipinski definition) is 2. The SMILES string of the molecule is [CH2]C1OC(C)(C)OC1c1c(Cl)cccc1Cl. The fraction of sp³-hybridized carbons (Fsp3) is 0.417. The van der Waals surface area contributed by atoms with Crippen molar-refractivity contribution in [2.24, 2.45) is 0 Å². The van der Waals surface area contributed by atoms with E-state index in [1.807, 2.05) is 13.8 Å². The molecule has 87 valence electrons. The van der Waals surface area contributed by atoms with Gasteiger partial charge in [0.25, 0.3) is 0 Å². The molecule has 0 amide bonds. The molecular formula is C12H13Cl2O2. The molecule has 0 saturated carbocycles. The molecule has 1 fully saturated rings. The van der Waals surface area contributed by atoms with Gasteiger partial charge in [0, 0.05) is 15.6 Å². The molecule has 0 aromatic heterocycles. The summed E-state index contributed by atoms with van der Waals surface area (Å²) in [6.07, 6.45) is -0.636. The zero-order valence-corrected chi connectivity index (χ0v) is 10.7. The van der Waals surface area contributed by atoms with Crippen LogP contribution in [0.25, 0.3) is 0 Å². The van der Waals surface area contributed by atoms with Gasteiger partial charge < -0.3 is 9.47 Å². The smallest absolute Gasteiger partial charge is 0.164 e. The molecule has 1 aliphatic rings. The minimum atomic E-state index is -0.653. The molecular weight excluding hydrogens is 247 g/mol. The predicted octanol–water partition coefficient (Wildman–Crippen LogP) is 4.02. The van der Waals surface area contributed by atoms with Gasteiger partial charge in [0.05, 0.1) is 6.10 Å². The highest BCUT2D eigenvalue weighted by molar-refractivity contribution is 6.36. The van der Waals surface area contributed by atoms with Crippen molar-refractivity contribution in [1.82, 2.24) is 0 Å². The van der Waals surface area contributed by atoms with Crippen LogP contribution in [0.5, 0.6) is 0 Å². The van der Waals surface area contributed by atoms with E-state index in [0.717, 1.165) is 5.56 Å². The molecule has 0 N–H and O–H groups in total. The lowest BCUT2D eigenvalue weighted by Gasteiger charge is -2.18. The van der Waals surface area contributed by atoms with E-state index in [1.165, 1.54) is 0 Å². The van der Waals surface area contributed by atoms with Crippen LogP contribution >= 0.6 is 23.2 Å². The highest BCUT2D eigenvalue weighted by Crippen LogP contribution is 2.42. The molecule has 2 atom stereocenters. The molecule has 0 spiro atoms. The summed E-state index contributed by atoms with van der Waals surface area (Å²) in [6.45, 7) is 7.60. The van der Waals surface area contributed by atoms with Crippen LogP contribution < -0.4 is 0 Å². The van der Waals surface area contributed by atoms with Gasteiger partial charge in [0.15, 0.2) is 5.79 Å². The summed E-state index contributed by atoms with van der Waals surface area (Å²) in [4.78, 5) is 0. The minimum absolute atomic E-state index is 0.313. The van der Waals surface area contributed by atoms with Gasteiger partial charge >= 0.3 is 0 Å². The molecule has 1 aromatic rings. The highest BCUT2D eigenvalue weighted by atomic mass is 35.5. The Morgan fingerprint density at radius 2 is 1.75 bits per heavy atom. The Morgan fingerprint density at radius 1 is 1.19 bits per heavy atom. The van der Waals surface area contributed by atoms with Gasteiger partial charge in [-0.2, -0.15) is 0 Å². The lowest BCUT2D eigenvalue weighted by molar-refractivity contribution is -0.143. The molecule has 1 aromatic carbocycles. The average Bonchev–Trinajstić information content (AvgIpc) is 2.39. The Hall–Kier alpha value is -0.280. The third-order valence-corrected chi connectivity index (χ3v) is 3.13.